The lowest BCUT2D eigenvalue weighted by molar-refractivity contribution is 0.281. The van der Waals surface area contributed by atoms with Crippen molar-refractivity contribution in [1.82, 2.24) is 10.0 Å². The van der Waals surface area contributed by atoms with Crippen molar-refractivity contribution in [3.05, 3.63) is 17.9 Å². The normalized spacial score (nSPS) is 15.3. The van der Waals surface area contributed by atoms with Crippen molar-refractivity contribution in [2.24, 2.45) is 0 Å². The smallest absolute Gasteiger partial charge is 0.274 e. The summed E-state index contributed by atoms with van der Waals surface area (Å²) in [6.07, 6.45) is 1.83. The largest absolute Gasteiger partial charge is 0.447 e. The fourth-order valence-electron chi connectivity index (χ4n) is 1.72. The van der Waals surface area contributed by atoms with Gasteiger partial charge in [0.1, 0.15) is 5.76 Å². The molecule has 1 rings (SSSR count). The number of nitrogens with one attached hydrogen (secondary N) is 2. The Bertz CT molecular complexity index is 524. The molecule has 0 saturated heterocycles. The summed E-state index contributed by atoms with van der Waals surface area (Å²) in [6, 6.07) is 2.99. The topological polar surface area (TPSA) is 91.6 Å². The molecule has 122 valence electrons. The van der Waals surface area contributed by atoms with Crippen molar-refractivity contribution in [3.8, 4) is 0 Å². The van der Waals surface area contributed by atoms with Crippen LogP contribution in [0.25, 0.3) is 0 Å². The fraction of sp³-hybridized carbons (Fsp3) is 0.692. The van der Waals surface area contributed by atoms with Gasteiger partial charge in [-0.05, 0) is 25.3 Å². The Morgan fingerprint density at radius 3 is 2.52 bits per heavy atom. The minimum absolute atomic E-state index is 0.0907. The SMILES string of the molecule is CSC(CO)C(C)NS(=O)(=O)c1ccc(CNC(C)C)o1. The first kappa shape index (κ1) is 18.5. The van der Waals surface area contributed by atoms with Crippen LogP contribution in [-0.4, -0.2) is 43.7 Å². The molecule has 0 aliphatic rings. The highest BCUT2D eigenvalue weighted by atomic mass is 32.2. The molecule has 6 nitrogen and oxygen atoms in total. The van der Waals surface area contributed by atoms with Crippen LogP contribution in [-0.2, 0) is 16.6 Å². The molecule has 1 aromatic rings. The van der Waals surface area contributed by atoms with E-state index in [1.54, 1.807) is 13.0 Å². The van der Waals surface area contributed by atoms with Crippen molar-refractivity contribution in [3.63, 3.8) is 0 Å². The molecule has 1 aromatic heterocycles. The number of rotatable bonds is 9. The van der Waals surface area contributed by atoms with Crippen molar-refractivity contribution < 1.29 is 17.9 Å². The van der Waals surface area contributed by atoms with Crippen LogP contribution in [0.1, 0.15) is 26.5 Å². The van der Waals surface area contributed by atoms with Gasteiger partial charge in [0.15, 0.2) is 0 Å². The zero-order valence-corrected chi connectivity index (χ0v) is 14.4. The second-order valence-corrected chi connectivity index (χ2v) is 7.84. The molecule has 3 N–H and O–H groups in total. The number of furan rings is 1. The predicted molar refractivity (Wildman–Crippen MR) is 84.9 cm³/mol. The Balaban J connectivity index is 2.74. The molecule has 0 aliphatic heterocycles. The lowest BCUT2D eigenvalue weighted by Gasteiger charge is -2.20. The van der Waals surface area contributed by atoms with Gasteiger partial charge >= 0.3 is 0 Å². The van der Waals surface area contributed by atoms with Crippen molar-refractivity contribution >= 4 is 21.8 Å². The third-order valence-corrected chi connectivity index (χ3v) is 5.56. The van der Waals surface area contributed by atoms with Crippen LogP contribution >= 0.6 is 11.8 Å². The summed E-state index contributed by atoms with van der Waals surface area (Å²) in [5.41, 5.74) is 0. The van der Waals surface area contributed by atoms with Crippen molar-refractivity contribution in [1.29, 1.82) is 0 Å². The minimum atomic E-state index is -3.71. The van der Waals surface area contributed by atoms with Crippen LogP contribution in [0.3, 0.4) is 0 Å². The maximum Gasteiger partial charge on any atom is 0.274 e. The first-order valence-electron chi connectivity index (χ1n) is 6.78. The first-order valence-corrected chi connectivity index (χ1v) is 9.55. The fourth-order valence-corrected chi connectivity index (χ4v) is 3.66. The van der Waals surface area contributed by atoms with Crippen LogP contribution in [0, 0.1) is 0 Å². The second-order valence-electron chi connectivity index (χ2n) is 5.12. The van der Waals surface area contributed by atoms with Crippen LogP contribution in [0.4, 0.5) is 0 Å². The van der Waals surface area contributed by atoms with E-state index >= 15 is 0 Å². The molecular formula is C13H24N2O4S2. The van der Waals surface area contributed by atoms with Gasteiger partial charge in [-0.25, -0.2) is 13.1 Å². The molecule has 1 heterocycles. The third-order valence-electron chi connectivity index (χ3n) is 2.97. The maximum atomic E-state index is 12.2. The van der Waals surface area contributed by atoms with E-state index < -0.39 is 16.1 Å². The molecule has 2 unspecified atom stereocenters. The van der Waals surface area contributed by atoms with E-state index in [9.17, 15) is 13.5 Å². The molecule has 2 atom stereocenters. The molecule has 0 amide bonds. The lowest BCUT2D eigenvalue weighted by Crippen LogP contribution is -2.41. The van der Waals surface area contributed by atoms with Gasteiger partial charge in [0.2, 0.25) is 5.09 Å². The van der Waals surface area contributed by atoms with Crippen molar-refractivity contribution in [2.75, 3.05) is 12.9 Å². The standard InChI is InChI=1S/C13H24N2O4S2/c1-9(2)14-7-11-5-6-13(19-11)21(17,18)15-10(3)12(8-16)20-4/h5-6,9-10,12,14-16H,7-8H2,1-4H3. The molecule has 0 bridgehead atoms. The minimum Gasteiger partial charge on any atom is -0.447 e. The van der Waals surface area contributed by atoms with Gasteiger partial charge in [-0.1, -0.05) is 13.8 Å². The first-order chi connectivity index (χ1) is 9.80. The molecular weight excluding hydrogens is 312 g/mol. The monoisotopic (exact) mass is 336 g/mol. The highest BCUT2D eigenvalue weighted by molar-refractivity contribution is 7.99. The number of hydrogen-bond acceptors (Lipinski definition) is 6. The van der Waals surface area contributed by atoms with Crippen LogP contribution < -0.4 is 10.0 Å². The Labute approximate surface area is 130 Å². The molecule has 0 aliphatic carbocycles. The summed E-state index contributed by atoms with van der Waals surface area (Å²) in [7, 11) is -3.71. The summed E-state index contributed by atoms with van der Waals surface area (Å²) in [5, 5.41) is 12.1. The molecule has 0 radical (unpaired) electrons. The Hall–Kier alpha value is -0.540. The Morgan fingerprint density at radius 2 is 2.00 bits per heavy atom. The average Bonchev–Trinajstić information content (AvgIpc) is 2.86. The Morgan fingerprint density at radius 1 is 1.33 bits per heavy atom. The lowest BCUT2D eigenvalue weighted by atomic mass is 10.3. The predicted octanol–water partition coefficient (Wildman–Crippen LogP) is 1.17. The summed E-state index contributed by atoms with van der Waals surface area (Å²) in [4.78, 5) is 0. The van der Waals surface area contributed by atoms with E-state index in [4.69, 9.17) is 4.42 Å². The van der Waals surface area contributed by atoms with Crippen LogP contribution in [0.5, 0.6) is 0 Å². The molecule has 0 spiro atoms. The van der Waals surface area contributed by atoms with Gasteiger partial charge in [0.25, 0.3) is 10.0 Å². The number of thioether (sulfide) groups is 1. The van der Waals surface area contributed by atoms with Crippen LogP contribution in [0.15, 0.2) is 21.6 Å². The summed E-state index contributed by atoms with van der Waals surface area (Å²) >= 11 is 1.41. The molecule has 0 fully saturated rings. The van der Waals surface area contributed by atoms with Crippen molar-refractivity contribution in [2.45, 2.75) is 49.7 Å². The molecule has 21 heavy (non-hydrogen) atoms. The zero-order chi connectivity index (χ0) is 16.0. The van der Waals surface area contributed by atoms with Gasteiger partial charge in [0, 0.05) is 17.3 Å². The number of hydrogen-bond donors (Lipinski definition) is 3. The van der Waals surface area contributed by atoms with Gasteiger partial charge in [0.05, 0.1) is 13.2 Å². The average molecular weight is 336 g/mol. The number of aliphatic hydroxyl groups is 1. The van der Waals surface area contributed by atoms with Crippen LogP contribution in [0.2, 0.25) is 0 Å². The van der Waals surface area contributed by atoms with E-state index in [2.05, 4.69) is 10.0 Å². The molecule has 0 aromatic carbocycles. The van der Waals surface area contributed by atoms with Gasteiger partial charge in [-0.3, -0.25) is 0 Å². The highest BCUT2D eigenvalue weighted by Gasteiger charge is 2.25. The summed E-state index contributed by atoms with van der Waals surface area (Å²) in [5.74, 6) is 0.570. The van der Waals surface area contributed by atoms with Gasteiger partial charge < -0.3 is 14.8 Å². The molecule has 8 heteroatoms. The third kappa shape index (κ3) is 5.63. The van der Waals surface area contributed by atoms with E-state index in [0.29, 0.717) is 18.3 Å². The maximum absolute atomic E-state index is 12.2. The summed E-state index contributed by atoms with van der Waals surface area (Å²) in [6.45, 7) is 6.11. The zero-order valence-electron chi connectivity index (χ0n) is 12.8. The summed E-state index contributed by atoms with van der Waals surface area (Å²) < 4.78 is 32.3. The Kier molecular flexibility index (Phi) is 7.22. The van der Waals surface area contributed by atoms with E-state index in [1.165, 1.54) is 17.8 Å². The second kappa shape index (κ2) is 8.19. The van der Waals surface area contributed by atoms with Gasteiger partial charge in [-0.15, -0.1) is 0 Å². The number of sulfonamides is 1. The van der Waals surface area contributed by atoms with Gasteiger partial charge in [-0.2, -0.15) is 11.8 Å². The van der Waals surface area contributed by atoms with E-state index in [1.807, 2.05) is 20.1 Å². The number of aliphatic hydroxyl groups excluding tert-OH is 1. The quantitative estimate of drug-likeness (QED) is 0.627. The van der Waals surface area contributed by atoms with E-state index in [-0.39, 0.29) is 16.9 Å². The highest BCUT2D eigenvalue weighted by Crippen LogP contribution is 2.17. The van der Waals surface area contributed by atoms with E-state index in [0.717, 1.165) is 0 Å². The molecule has 0 saturated carbocycles.